The Bertz CT molecular complexity index is 850. The normalized spacial score (nSPS) is 11.1. The second-order valence-electron chi connectivity index (χ2n) is 4.26. The van der Waals surface area contributed by atoms with Crippen LogP contribution in [0.25, 0.3) is 0 Å². The first-order valence-electron chi connectivity index (χ1n) is 5.78. The van der Waals surface area contributed by atoms with Crippen molar-refractivity contribution < 1.29 is 28.5 Å². The first kappa shape index (κ1) is 16.1. The summed E-state index contributed by atoms with van der Waals surface area (Å²) in [5.41, 5.74) is -0.343. The van der Waals surface area contributed by atoms with Crippen LogP contribution in [0, 0.1) is 0 Å². The van der Waals surface area contributed by atoms with E-state index in [0.717, 1.165) is 18.2 Å². The molecule has 0 radical (unpaired) electrons. The molecule has 0 atom stereocenters. The predicted octanol–water partition coefficient (Wildman–Crippen LogP) is 2.36. The third-order valence-electron chi connectivity index (χ3n) is 2.71. The van der Waals surface area contributed by atoms with Gasteiger partial charge in [-0.15, -0.1) is 0 Å². The fraction of sp³-hybridized carbons (Fsp3) is 0. The standard InChI is InChI=1S/C13H10BrNO6S/c14-10-5-7(1-3-12(10)17)15-22(20,21)8-2-4-11(16)9(6-8)13(18)19/h1-6,15-17H,(H,18,19). The zero-order valence-electron chi connectivity index (χ0n) is 10.8. The molecule has 0 fully saturated rings. The summed E-state index contributed by atoms with van der Waals surface area (Å²) in [5.74, 6) is -2.03. The van der Waals surface area contributed by atoms with E-state index < -0.39 is 27.3 Å². The molecule has 2 rings (SSSR count). The number of carboxylic acid groups (broad SMARTS) is 1. The van der Waals surface area contributed by atoms with Crippen molar-refractivity contribution in [2.45, 2.75) is 4.90 Å². The molecule has 0 amide bonds. The number of aromatic carboxylic acids is 1. The number of benzene rings is 2. The molecule has 22 heavy (non-hydrogen) atoms. The van der Waals surface area contributed by atoms with Crippen molar-refractivity contribution in [3.8, 4) is 11.5 Å². The first-order chi connectivity index (χ1) is 10.2. The van der Waals surface area contributed by atoms with Crippen LogP contribution < -0.4 is 4.72 Å². The van der Waals surface area contributed by atoms with Crippen molar-refractivity contribution in [2.24, 2.45) is 0 Å². The van der Waals surface area contributed by atoms with Crippen LogP contribution in [0.15, 0.2) is 45.8 Å². The lowest BCUT2D eigenvalue weighted by atomic mass is 10.2. The number of sulfonamides is 1. The molecule has 116 valence electrons. The molecule has 0 bridgehead atoms. The Morgan fingerprint density at radius 1 is 1.05 bits per heavy atom. The van der Waals surface area contributed by atoms with Crippen LogP contribution in [0.4, 0.5) is 5.69 Å². The lowest BCUT2D eigenvalue weighted by molar-refractivity contribution is 0.0693. The topological polar surface area (TPSA) is 124 Å². The SMILES string of the molecule is O=C(O)c1cc(S(=O)(=O)Nc2ccc(O)c(Br)c2)ccc1O. The molecule has 0 aliphatic heterocycles. The Hall–Kier alpha value is -2.26. The maximum Gasteiger partial charge on any atom is 0.339 e. The maximum absolute atomic E-state index is 12.2. The van der Waals surface area contributed by atoms with Gasteiger partial charge in [0.2, 0.25) is 0 Å². The monoisotopic (exact) mass is 387 g/mol. The number of halogens is 1. The third kappa shape index (κ3) is 3.31. The van der Waals surface area contributed by atoms with Crippen LogP contribution in [-0.2, 0) is 10.0 Å². The molecule has 0 aliphatic carbocycles. The molecule has 0 heterocycles. The van der Waals surface area contributed by atoms with Gasteiger partial charge in [-0.25, -0.2) is 13.2 Å². The van der Waals surface area contributed by atoms with E-state index >= 15 is 0 Å². The van der Waals surface area contributed by atoms with Crippen LogP contribution in [0.3, 0.4) is 0 Å². The highest BCUT2D eigenvalue weighted by molar-refractivity contribution is 9.10. The molecule has 7 nitrogen and oxygen atoms in total. The number of aromatic hydroxyl groups is 2. The van der Waals surface area contributed by atoms with Gasteiger partial charge < -0.3 is 15.3 Å². The summed E-state index contributed by atoms with van der Waals surface area (Å²) < 4.78 is 27.0. The predicted molar refractivity (Wildman–Crippen MR) is 81.7 cm³/mol. The van der Waals surface area contributed by atoms with Gasteiger partial charge in [-0.1, -0.05) is 0 Å². The quantitative estimate of drug-likeness (QED) is 0.596. The molecule has 0 aromatic heterocycles. The van der Waals surface area contributed by atoms with Crippen molar-refractivity contribution in [1.82, 2.24) is 0 Å². The van der Waals surface area contributed by atoms with E-state index in [-0.39, 0.29) is 16.3 Å². The Labute approximate surface area is 134 Å². The van der Waals surface area contributed by atoms with Gasteiger partial charge in [0.15, 0.2) is 0 Å². The van der Waals surface area contributed by atoms with Crippen LogP contribution >= 0.6 is 15.9 Å². The molecule has 9 heteroatoms. The van der Waals surface area contributed by atoms with E-state index in [0.29, 0.717) is 4.47 Å². The molecule has 2 aromatic rings. The van der Waals surface area contributed by atoms with Crippen LogP contribution in [0.5, 0.6) is 11.5 Å². The number of phenols is 2. The van der Waals surface area contributed by atoms with Crippen molar-refractivity contribution in [3.63, 3.8) is 0 Å². The minimum absolute atomic E-state index is 0.0549. The summed E-state index contributed by atoms with van der Waals surface area (Å²) >= 11 is 3.05. The largest absolute Gasteiger partial charge is 0.507 e. The number of phenolic OH excluding ortho intramolecular Hbond substituents is 1. The zero-order valence-corrected chi connectivity index (χ0v) is 13.2. The minimum Gasteiger partial charge on any atom is -0.507 e. The summed E-state index contributed by atoms with van der Waals surface area (Å²) in [6.07, 6.45) is 0. The van der Waals surface area contributed by atoms with Gasteiger partial charge in [-0.05, 0) is 52.3 Å². The molecular weight excluding hydrogens is 378 g/mol. The molecule has 0 saturated carbocycles. The summed E-state index contributed by atoms with van der Waals surface area (Å²) in [6.45, 7) is 0. The average molecular weight is 388 g/mol. The molecule has 0 saturated heterocycles. The second-order valence-corrected chi connectivity index (χ2v) is 6.79. The Kier molecular flexibility index (Phi) is 4.29. The van der Waals surface area contributed by atoms with Gasteiger partial charge in [0.25, 0.3) is 10.0 Å². The molecular formula is C13H10BrNO6S. The second kappa shape index (κ2) is 5.85. The van der Waals surface area contributed by atoms with E-state index in [9.17, 15) is 23.4 Å². The Morgan fingerprint density at radius 3 is 2.27 bits per heavy atom. The van der Waals surface area contributed by atoms with Gasteiger partial charge in [0.1, 0.15) is 17.1 Å². The van der Waals surface area contributed by atoms with Gasteiger partial charge in [0.05, 0.1) is 15.1 Å². The van der Waals surface area contributed by atoms with E-state index in [4.69, 9.17) is 5.11 Å². The number of hydrogen-bond donors (Lipinski definition) is 4. The van der Waals surface area contributed by atoms with Crippen molar-refractivity contribution in [2.75, 3.05) is 4.72 Å². The van der Waals surface area contributed by atoms with Crippen LogP contribution in [-0.4, -0.2) is 29.7 Å². The summed E-state index contributed by atoms with van der Waals surface area (Å²) in [7, 11) is -4.04. The highest BCUT2D eigenvalue weighted by Crippen LogP contribution is 2.28. The number of hydrogen-bond acceptors (Lipinski definition) is 5. The summed E-state index contributed by atoms with van der Waals surface area (Å²) in [4.78, 5) is 10.6. The smallest absolute Gasteiger partial charge is 0.339 e. The van der Waals surface area contributed by atoms with Crippen LogP contribution in [0.2, 0.25) is 0 Å². The molecule has 4 N–H and O–H groups in total. The van der Waals surface area contributed by atoms with E-state index in [1.54, 1.807) is 0 Å². The van der Waals surface area contributed by atoms with Gasteiger partial charge in [-0.3, -0.25) is 4.72 Å². The van der Waals surface area contributed by atoms with Crippen LogP contribution in [0.1, 0.15) is 10.4 Å². The van der Waals surface area contributed by atoms with E-state index in [2.05, 4.69) is 20.7 Å². The van der Waals surface area contributed by atoms with Crippen molar-refractivity contribution >= 4 is 37.6 Å². The summed E-state index contributed by atoms with van der Waals surface area (Å²) in [5, 5.41) is 27.7. The molecule has 0 aliphatic rings. The lowest BCUT2D eigenvalue weighted by Gasteiger charge is -2.10. The van der Waals surface area contributed by atoms with Gasteiger partial charge in [0, 0.05) is 0 Å². The third-order valence-corrected chi connectivity index (χ3v) is 4.72. The van der Waals surface area contributed by atoms with Crippen molar-refractivity contribution in [3.05, 3.63) is 46.4 Å². The number of carboxylic acids is 1. The molecule has 0 spiro atoms. The van der Waals surface area contributed by atoms with E-state index in [1.165, 1.54) is 18.2 Å². The lowest BCUT2D eigenvalue weighted by Crippen LogP contribution is -2.13. The first-order valence-corrected chi connectivity index (χ1v) is 8.06. The average Bonchev–Trinajstić information content (AvgIpc) is 2.42. The maximum atomic E-state index is 12.2. The van der Waals surface area contributed by atoms with Gasteiger partial charge in [-0.2, -0.15) is 0 Å². The zero-order chi connectivity index (χ0) is 16.5. The number of anilines is 1. The fourth-order valence-electron chi connectivity index (χ4n) is 1.64. The number of carbonyl (C=O) groups is 1. The number of nitrogens with one attached hydrogen (secondary N) is 1. The minimum atomic E-state index is -4.04. The summed E-state index contributed by atoms with van der Waals surface area (Å²) in [6, 6.07) is 6.92. The fourth-order valence-corrected chi connectivity index (χ4v) is 3.09. The molecule has 0 unspecified atom stereocenters. The molecule has 2 aromatic carbocycles. The van der Waals surface area contributed by atoms with Gasteiger partial charge >= 0.3 is 5.97 Å². The number of rotatable bonds is 4. The Balaban J connectivity index is 2.40. The van der Waals surface area contributed by atoms with E-state index in [1.807, 2.05) is 0 Å². The Morgan fingerprint density at radius 2 is 1.68 bits per heavy atom. The highest BCUT2D eigenvalue weighted by Gasteiger charge is 2.19. The van der Waals surface area contributed by atoms with Crippen molar-refractivity contribution in [1.29, 1.82) is 0 Å². The highest BCUT2D eigenvalue weighted by atomic mass is 79.9.